The second-order valence-electron chi connectivity index (χ2n) is 6.92. The van der Waals surface area contributed by atoms with Crippen LogP contribution in [0.25, 0.3) is 0 Å². The zero-order chi connectivity index (χ0) is 19.2. The van der Waals surface area contributed by atoms with E-state index in [0.717, 1.165) is 37.6 Å². The SMILES string of the molecule is COc1ccc(C)cc1N1CCN(CC(O)COc2ccc(O)cc2)CC1.Cl.Cl. The van der Waals surface area contributed by atoms with Crippen molar-refractivity contribution in [3.05, 3.63) is 48.0 Å². The summed E-state index contributed by atoms with van der Waals surface area (Å²) in [4.78, 5) is 4.59. The number of aliphatic hydroxyl groups is 1. The number of phenols is 1. The lowest BCUT2D eigenvalue weighted by Gasteiger charge is -2.37. The fourth-order valence-corrected chi connectivity index (χ4v) is 3.30. The quantitative estimate of drug-likeness (QED) is 0.683. The van der Waals surface area contributed by atoms with E-state index in [2.05, 4.69) is 28.9 Å². The van der Waals surface area contributed by atoms with E-state index in [9.17, 15) is 10.2 Å². The third-order valence-corrected chi connectivity index (χ3v) is 4.80. The maximum atomic E-state index is 10.3. The van der Waals surface area contributed by atoms with Crippen molar-refractivity contribution in [3.8, 4) is 17.2 Å². The van der Waals surface area contributed by atoms with Gasteiger partial charge in [0.2, 0.25) is 0 Å². The lowest BCUT2D eigenvalue weighted by molar-refractivity contribution is 0.0662. The van der Waals surface area contributed by atoms with E-state index in [1.54, 1.807) is 31.4 Å². The van der Waals surface area contributed by atoms with Crippen LogP contribution in [-0.4, -0.2) is 67.7 Å². The molecule has 0 amide bonds. The third-order valence-electron chi connectivity index (χ3n) is 4.80. The van der Waals surface area contributed by atoms with Crippen LogP contribution in [0.5, 0.6) is 17.2 Å². The summed E-state index contributed by atoms with van der Waals surface area (Å²) in [5, 5.41) is 19.5. The molecule has 3 rings (SSSR count). The number of phenolic OH excluding ortho intramolecular Hbond substituents is 1. The molecule has 1 fully saturated rings. The molecule has 0 aromatic heterocycles. The molecule has 0 aliphatic carbocycles. The highest BCUT2D eigenvalue weighted by Crippen LogP contribution is 2.30. The van der Waals surface area contributed by atoms with Gasteiger partial charge in [-0.2, -0.15) is 0 Å². The molecule has 1 aliphatic heterocycles. The number of anilines is 1. The summed E-state index contributed by atoms with van der Waals surface area (Å²) in [5.41, 5.74) is 2.35. The number of benzene rings is 2. The zero-order valence-corrected chi connectivity index (χ0v) is 18.4. The number of β-amino-alcohol motifs (C(OH)–C–C–N with tert-alkyl or cyclic N) is 1. The Morgan fingerprint density at radius 1 is 1.00 bits per heavy atom. The zero-order valence-electron chi connectivity index (χ0n) is 16.8. The van der Waals surface area contributed by atoms with Crippen LogP contribution in [0.15, 0.2) is 42.5 Å². The Balaban J connectivity index is 0.00000210. The predicted octanol–water partition coefficient (Wildman–Crippen LogP) is 3.11. The first-order valence-electron chi connectivity index (χ1n) is 9.27. The summed E-state index contributed by atoms with van der Waals surface area (Å²) >= 11 is 0. The van der Waals surface area contributed by atoms with Crippen molar-refractivity contribution in [2.24, 2.45) is 0 Å². The minimum atomic E-state index is -0.557. The Morgan fingerprint density at radius 3 is 2.28 bits per heavy atom. The molecule has 0 saturated carbocycles. The fourth-order valence-electron chi connectivity index (χ4n) is 3.30. The predicted molar refractivity (Wildman–Crippen MR) is 120 cm³/mol. The number of aliphatic hydroxyl groups excluding tert-OH is 1. The first-order valence-corrected chi connectivity index (χ1v) is 9.27. The number of aromatic hydroxyl groups is 1. The number of aryl methyl sites for hydroxylation is 1. The first kappa shape index (κ1) is 25.2. The van der Waals surface area contributed by atoms with Crippen LogP contribution in [0.1, 0.15) is 5.56 Å². The molecule has 1 heterocycles. The second kappa shape index (κ2) is 12.0. The van der Waals surface area contributed by atoms with Gasteiger partial charge < -0.3 is 24.6 Å². The normalized spacial score (nSPS) is 15.1. The van der Waals surface area contributed by atoms with Crippen molar-refractivity contribution in [1.82, 2.24) is 4.90 Å². The highest BCUT2D eigenvalue weighted by atomic mass is 35.5. The van der Waals surface area contributed by atoms with E-state index in [-0.39, 0.29) is 37.2 Å². The Bertz CT molecular complexity index is 738. The van der Waals surface area contributed by atoms with Crippen LogP contribution < -0.4 is 14.4 Å². The van der Waals surface area contributed by atoms with Crippen LogP contribution in [0, 0.1) is 6.92 Å². The van der Waals surface area contributed by atoms with Gasteiger partial charge in [-0.3, -0.25) is 4.90 Å². The average Bonchev–Trinajstić information content (AvgIpc) is 2.68. The number of hydrogen-bond acceptors (Lipinski definition) is 6. The van der Waals surface area contributed by atoms with E-state index in [4.69, 9.17) is 9.47 Å². The largest absolute Gasteiger partial charge is 0.508 e. The van der Waals surface area contributed by atoms with Crippen LogP contribution in [0.2, 0.25) is 0 Å². The number of methoxy groups -OCH3 is 1. The fraction of sp³-hybridized carbons (Fsp3) is 0.429. The Labute approximate surface area is 184 Å². The second-order valence-corrected chi connectivity index (χ2v) is 6.92. The lowest BCUT2D eigenvalue weighted by atomic mass is 10.1. The maximum absolute atomic E-state index is 10.3. The molecule has 6 nitrogen and oxygen atoms in total. The summed E-state index contributed by atoms with van der Waals surface area (Å²) in [5.74, 6) is 1.74. The van der Waals surface area contributed by atoms with Gasteiger partial charge >= 0.3 is 0 Å². The highest BCUT2D eigenvalue weighted by molar-refractivity contribution is 5.85. The van der Waals surface area contributed by atoms with Gasteiger partial charge in [0.15, 0.2) is 0 Å². The van der Waals surface area contributed by atoms with Crippen molar-refractivity contribution in [2.75, 3.05) is 51.3 Å². The monoisotopic (exact) mass is 444 g/mol. The number of rotatable bonds is 7. The van der Waals surface area contributed by atoms with Crippen molar-refractivity contribution in [2.45, 2.75) is 13.0 Å². The van der Waals surface area contributed by atoms with E-state index in [0.29, 0.717) is 12.3 Å². The molecule has 1 saturated heterocycles. The topological polar surface area (TPSA) is 65.4 Å². The summed E-state index contributed by atoms with van der Waals surface area (Å²) in [6, 6.07) is 12.8. The minimum absolute atomic E-state index is 0. The smallest absolute Gasteiger partial charge is 0.142 e. The van der Waals surface area contributed by atoms with Crippen molar-refractivity contribution >= 4 is 30.5 Å². The molecule has 0 bridgehead atoms. The summed E-state index contributed by atoms with van der Waals surface area (Å²) < 4.78 is 11.1. The summed E-state index contributed by atoms with van der Waals surface area (Å²) in [6.07, 6.45) is -0.557. The van der Waals surface area contributed by atoms with Gasteiger partial charge in [0.05, 0.1) is 12.8 Å². The molecular weight excluding hydrogens is 415 g/mol. The number of halogens is 2. The molecular formula is C21H30Cl2N2O4. The Hall–Kier alpha value is -1.86. The van der Waals surface area contributed by atoms with Gasteiger partial charge in [-0.05, 0) is 48.9 Å². The van der Waals surface area contributed by atoms with Gasteiger partial charge in [-0.25, -0.2) is 0 Å². The summed E-state index contributed by atoms with van der Waals surface area (Å²) in [7, 11) is 1.70. The standard InChI is InChI=1S/C21H28N2O4.2ClH/c1-16-3-8-21(26-2)20(13-16)23-11-9-22(10-12-23)14-18(25)15-27-19-6-4-17(24)5-7-19;;/h3-8,13,18,24-25H,9-12,14-15H2,1-2H3;2*1H. The number of nitrogens with zero attached hydrogens (tertiary/aromatic N) is 2. The highest BCUT2D eigenvalue weighted by Gasteiger charge is 2.21. The van der Waals surface area contributed by atoms with Gasteiger partial charge in [0.25, 0.3) is 0 Å². The van der Waals surface area contributed by atoms with E-state index in [1.807, 2.05) is 6.07 Å². The van der Waals surface area contributed by atoms with Gasteiger partial charge in [-0.1, -0.05) is 6.07 Å². The Morgan fingerprint density at radius 2 is 1.66 bits per heavy atom. The van der Waals surface area contributed by atoms with Crippen LogP contribution in [-0.2, 0) is 0 Å². The van der Waals surface area contributed by atoms with Crippen LogP contribution in [0.3, 0.4) is 0 Å². The molecule has 29 heavy (non-hydrogen) atoms. The molecule has 1 atom stereocenters. The van der Waals surface area contributed by atoms with E-state index in [1.165, 1.54) is 5.56 Å². The minimum Gasteiger partial charge on any atom is -0.508 e. The van der Waals surface area contributed by atoms with Crippen molar-refractivity contribution in [1.29, 1.82) is 0 Å². The first-order chi connectivity index (χ1) is 13.0. The molecule has 1 unspecified atom stereocenters. The molecule has 1 aliphatic rings. The van der Waals surface area contributed by atoms with Gasteiger partial charge in [0.1, 0.15) is 30.0 Å². The Kier molecular flexibility index (Phi) is 10.4. The molecule has 2 aromatic carbocycles. The van der Waals surface area contributed by atoms with Crippen molar-refractivity contribution < 1.29 is 19.7 Å². The molecule has 8 heteroatoms. The average molecular weight is 445 g/mol. The van der Waals surface area contributed by atoms with E-state index >= 15 is 0 Å². The summed E-state index contributed by atoms with van der Waals surface area (Å²) in [6.45, 7) is 6.45. The van der Waals surface area contributed by atoms with E-state index < -0.39 is 6.10 Å². The number of piperazine rings is 1. The maximum Gasteiger partial charge on any atom is 0.142 e. The molecule has 162 valence electrons. The van der Waals surface area contributed by atoms with Crippen molar-refractivity contribution in [3.63, 3.8) is 0 Å². The molecule has 2 N–H and O–H groups in total. The van der Waals surface area contributed by atoms with Gasteiger partial charge in [-0.15, -0.1) is 24.8 Å². The van der Waals surface area contributed by atoms with Crippen LogP contribution in [0.4, 0.5) is 5.69 Å². The molecule has 0 spiro atoms. The number of hydrogen-bond donors (Lipinski definition) is 2. The van der Waals surface area contributed by atoms with Crippen LogP contribution >= 0.6 is 24.8 Å². The molecule has 2 aromatic rings. The molecule has 0 radical (unpaired) electrons. The number of ether oxygens (including phenoxy) is 2. The lowest BCUT2D eigenvalue weighted by Crippen LogP contribution is -2.49. The van der Waals surface area contributed by atoms with Gasteiger partial charge in [0, 0.05) is 32.7 Å². The third kappa shape index (κ3) is 7.16.